The summed E-state index contributed by atoms with van der Waals surface area (Å²) in [6, 6.07) is 8.42. The molecule has 0 saturated heterocycles. The standard InChI is InChI=1S/C14H16ClNS/c1-3-16-9-12-8-11(4-5-14(12)15)13-6-7-17-10(13)2/h4-8,16H,3,9H2,1-2H3. The number of hydrogen-bond donors (Lipinski definition) is 1. The Morgan fingerprint density at radius 3 is 2.76 bits per heavy atom. The molecule has 1 nitrogen and oxygen atoms in total. The lowest BCUT2D eigenvalue weighted by Gasteiger charge is -2.08. The van der Waals surface area contributed by atoms with Gasteiger partial charge in [0, 0.05) is 16.4 Å². The van der Waals surface area contributed by atoms with Crippen LogP contribution in [0.4, 0.5) is 0 Å². The number of aryl methyl sites for hydroxylation is 1. The van der Waals surface area contributed by atoms with Gasteiger partial charge in [0.25, 0.3) is 0 Å². The molecule has 90 valence electrons. The first kappa shape index (κ1) is 12.6. The van der Waals surface area contributed by atoms with Gasteiger partial charge < -0.3 is 5.32 Å². The lowest BCUT2D eigenvalue weighted by Crippen LogP contribution is -2.12. The molecule has 0 radical (unpaired) electrons. The van der Waals surface area contributed by atoms with Gasteiger partial charge in [-0.1, -0.05) is 24.6 Å². The van der Waals surface area contributed by atoms with Crippen LogP contribution >= 0.6 is 22.9 Å². The molecular weight excluding hydrogens is 250 g/mol. The highest BCUT2D eigenvalue weighted by molar-refractivity contribution is 7.10. The normalized spacial score (nSPS) is 10.8. The van der Waals surface area contributed by atoms with Crippen LogP contribution in [0.5, 0.6) is 0 Å². The van der Waals surface area contributed by atoms with Crippen LogP contribution in [-0.2, 0) is 6.54 Å². The van der Waals surface area contributed by atoms with Crippen molar-refractivity contribution < 1.29 is 0 Å². The zero-order chi connectivity index (χ0) is 12.3. The number of halogens is 1. The van der Waals surface area contributed by atoms with E-state index in [0.717, 1.165) is 23.7 Å². The molecule has 0 bridgehead atoms. The summed E-state index contributed by atoms with van der Waals surface area (Å²) in [5.74, 6) is 0. The Bertz CT molecular complexity index is 505. The molecule has 1 aromatic carbocycles. The average Bonchev–Trinajstić information content (AvgIpc) is 2.75. The van der Waals surface area contributed by atoms with Crippen LogP contribution in [0.25, 0.3) is 11.1 Å². The highest BCUT2D eigenvalue weighted by atomic mass is 35.5. The highest BCUT2D eigenvalue weighted by Gasteiger charge is 2.06. The third kappa shape index (κ3) is 2.89. The minimum atomic E-state index is 0.826. The fraction of sp³-hybridized carbons (Fsp3) is 0.286. The van der Waals surface area contributed by atoms with E-state index in [1.54, 1.807) is 11.3 Å². The highest BCUT2D eigenvalue weighted by Crippen LogP contribution is 2.30. The molecule has 0 spiro atoms. The van der Waals surface area contributed by atoms with E-state index in [9.17, 15) is 0 Å². The molecule has 2 aromatic rings. The molecule has 3 heteroatoms. The molecule has 1 aromatic heterocycles. The Hall–Kier alpha value is -0.830. The number of nitrogens with one attached hydrogen (secondary N) is 1. The predicted molar refractivity (Wildman–Crippen MR) is 76.9 cm³/mol. The fourth-order valence-electron chi connectivity index (χ4n) is 1.82. The molecule has 17 heavy (non-hydrogen) atoms. The SMILES string of the molecule is CCNCc1cc(-c2ccsc2C)ccc1Cl. The maximum absolute atomic E-state index is 6.20. The fourth-order valence-corrected chi connectivity index (χ4v) is 2.73. The second-order valence-electron chi connectivity index (χ2n) is 3.98. The number of rotatable bonds is 4. The van der Waals surface area contributed by atoms with Crippen molar-refractivity contribution in [2.75, 3.05) is 6.54 Å². The van der Waals surface area contributed by atoms with Gasteiger partial charge in [-0.05, 0) is 53.7 Å². The Labute approximate surface area is 111 Å². The summed E-state index contributed by atoms with van der Waals surface area (Å²) >= 11 is 7.97. The summed E-state index contributed by atoms with van der Waals surface area (Å²) < 4.78 is 0. The first-order chi connectivity index (χ1) is 8.22. The van der Waals surface area contributed by atoms with Gasteiger partial charge in [-0.25, -0.2) is 0 Å². The summed E-state index contributed by atoms with van der Waals surface area (Å²) in [5, 5.41) is 6.27. The lowest BCUT2D eigenvalue weighted by atomic mass is 10.0. The van der Waals surface area contributed by atoms with Gasteiger partial charge in [-0.2, -0.15) is 0 Å². The zero-order valence-electron chi connectivity index (χ0n) is 10.1. The van der Waals surface area contributed by atoms with E-state index in [0.29, 0.717) is 0 Å². The summed E-state index contributed by atoms with van der Waals surface area (Å²) in [5.41, 5.74) is 3.72. The topological polar surface area (TPSA) is 12.0 Å². The molecule has 0 aliphatic heterocycles. The third-order valence-corrected chi connectivity index (χ3v) is 4.00. The van der Waals surface area contributed by atoms with Crippen LogP contribution in [0, 0.1) is 6.92 Å². The van der Waals surface area contributed by atoms with E-state index < -0.39 is 0 Å². The molecule has 0 aliphatic rings. The maximum atomic E-state index is 6.20. The van der Waals surface area contributed by atoms with Crippen molar-refractivity contribution in [3.63, 3.8) is 0 Å². The Morgan fingerprint density at radius 2 is 2.12 bits per heavy atom. The summed E-state index contributed by atoms with van der Waals surface area (Å²) in [4.78, 5) is 1.35. The van der Waals surface area contributed by atoms with Crippen LogP contribution in [0.1, 0.15) is 17.4 Å². The molecular formula is C14H16ClNS. The molecule has 0 aliphatic carbocycles. The van der Waals surface area contributed by atoms with Gasteiger partial charge in [-0.15, -0.1) is 11.3 Å². The summed E-state index contributed by atoms with van der Waals surface area (Å²) in [6.45, 7) is 6.03. The van der Waals surface area contributed by atoms with Crippen molar-refractivity contribution in [3.8, 4) is 11.1 Å². The van der Waals surface area contributed by atoms with Gasteiger partial charge >= 0.3 is 0 Å². The average molecular weight is 266 g/mol. The van der Waals surface area contributed by atoms with Crippen molar-refractivity contribution >= 4 is 22.9 Å². The van der Waals surface area contributed by atoms with Crippen LogP contribution in [0.15, 0.2) is 29.6 Å². The van der Waals surface area contributed by atoms with Gasteiger partial charge in [0.2, 0.25) is 0 Å². The Kier molecular flexibility index (Phi) is 4.21. The minimum absolute atomic E-state index is 0.826. The van der Waals surface area contributed by atoms with E-state index >= 15 is 0 Å². The first-order valence-corrected chi connectivity index (χ1v) is 7.01. The van der Waals surface area contributed by atoms with Crippen molar-refractivity contribution in [3.05, 3.63) is 45.1 Å². The predicted octanol–water partition coefficient (Wildman–Crippen LogP) is 4.49. The van der Waals surface area contributed by atoms with E-state index in [1.165, 1.54) is 16.0 Å². The largest absolute Gasteiger partial charge is 0.313 e. The number of thiophene rings is 1. The van der Waals surface area contributed by atoms with Crippen LogP contribution in [-0.4, -0.2) is 6.54 Å². The molecule has 1 heterocycles. The van der Waals surface area contributed by atoms with Gasteiger partial charge in [0.1, 0.15) is 0 Å². The van der Waals surface area contributed by atoms with Crippen molar-refractivity contribution in [1.29, 1.82) is 0 Å². The number of benzene rings is 1. The lowest BCUT2D eigenvalue weighted by molar-refractivity contribution is 0.727. The van der Waals surface area contributed by atoms with E-state index in [1.807, 2.05) is 6.07 Å². The van der Waals surface area contributed by atoms with Gasteiger partial charge in [0.05, 0.1) is 0 Å². The second kappa shape index (κ2) is 5.67. The second-order valence-corrected chi connectivity index (χ2v) is 5.50. The Morgan fingerprint density at radius 1 is 1.29 bits per heavy atom. The Balaban J connectivity index is 2.34. The minimum Gasteiger partial charge on any atom is -0.313 e. The van der Waals surface area contributed by atoms with Crippen molar-refractivity contribution in [1.82, 2.24) is 5.32 Å². The number of hydrogen-bond acceptors (Lipinski definition) is 2. The molecule has 0 atom stereocenters. The third-order valence-electron chi connectivity index (χ3n) is 2.78. The van der Waals surface area contributed by atoms with Crippen molar-refractivity contribution in [2.24, 2.45) is 0 Å². The van der Waals surface area contributed by atoms with E-state index in [2.05, 4.69) is 42.7 Å². The van der Waals surface area contributed by atoms with Crippen molar-refractivity contribution in [2.45, 2.75) is 20.4 Å². The molecule has 1 N–H and O–H groups in total. The van der Waals surface area contributed by atoms with E-state index in [-0.39, 0.29) is 0 Å². The molecule has 2 rings (SSSR count). The molecule has 0 amide bonds. The van der Waals surface area contributed by atoms with Crippen LogP contribution in [0.3, 0.4) is 0 Å². The summed E-state index contributed by atoms with van der Waals surface area (Å²) in [7, 11) is 0. The maximum Gasteiger partial charge on any atom is 0.0451 e. The van der Waals surface area contributed by atoms with Gasteiger partial charge in [-0.3, -0.25) is 0 Å². The quantitative estimate of drug-likeness (QED) is 0.859. The molecule has 0 saturated carbocycles. The molecule has 0 fully saturated rings. The molecule has 0 unspecified atom stereocenters. The monoisotopic (exact) mass is 265 g/mol. The first-order valence-electron chi connectivity index (χ1n) is 5.76. The summed E-state index contributed by atoms with van der Waals surface area (Å²) in [6.07, 6.45) is 0. The smallest absolute Gasteiger partial charge is 0.0451 e. The zero-order valence-corrected chi connectivity index (χ0v) is 11.7. The van der Waals surface area contributed by atoms with E-state index in [4.69, 9.17) is 11.6 Å². The van der Waals surface area contributed by atoms with Crippen LogP contribution < -0.4 is 5.32 Å². The van der Waals surface area contributed by atoms with Crippen LogP contribution in [0.2, 0.25) is 5.02 Å². The van der Waals surface area contributed by atoms with Gasteiger partial charge in [0.15, 0.2) is 0 Å².